The lowest BCUT2D eigenvalue weighted by molar-refractivity contribution is 0.314. The molecule has 0 saturated carbocycles. The molecule has 0 atom stereocenters. The lowest BCUT2D eigenvalue weighted by Crippen LogP contribution is -2.18. The van der Waals surface area contributed by atoms with Gasteiger partial charge in [-0.15, -0.1) is 0 Å². The van der Waals surface area contributed by atoms with Gasteiger partial charge >= 0.3 is 0 Å². The van der Waals surface area contributed by atoms with Gasteiger partial charge in [-0.3, -0.25) is 9.88 Å². The van der Waals surface area contributed by atoms with Crippen molar-refractivity contribution < 1.29 is 0 Å². The summed E-state index contributed by atoms with van der Waals surface area (Å²) in [5.41, 5.74) is 11.7. The molecule has 0 amide bonds. The number of benzene rings is 1. The highest BCUT2D eigenvalue weighted by atomic mass is 15.1. The fraction of sp³-hybridized carbons (Fsp3) is 0.353. The van der Waals surface area contributed by atoms with E-state index in [2.05, 4.69) is 54.2 Å². The molecule has 0 aliphatic heterocycles. The molecular formula is C17H23N3. The third kappa shape index (κ3) is 3.89. The van der Waals surface area contributed by atoms with E-state index in [-0.39, 0.29) is 0 Å². The van der Waals surface area contributed by atoms with Crippen molar-refractivity contribution in [3.8, 4) is 0 Å². The highest BCUT2D eigenvalue weighted by Crippen LogP contribution is 2.14. The first kappa shape index (κ1) is 14.7. The molecule has 1 aromatic heterocycles. The maximum absolute atomic E-state index is 5.67. The quantitative estimate of drug-likeness (QED) is 0.907. The Balaban J connectivity index is 2.02. The summed E-state index contributed by atoms with van der Waals surface area (Å²) >= 11 is 0. The molecule has 0 bridgehead atoms. The van der Waals surface area contributed by atoms with Crippen molar-refractivity contribution in [2.45, 2.75) is 33.5 Å². The van der Waals surface area contributed by atoms with Gasteiger partial charge in [0.05, 0.1) is 5.69 Å². The van der Waals surface area contributed by atoms with Crippen LogP contribution in [-0.2, 0) is 19.6 Å². The van der Waals surface area contributed by atoms with E-state index in [1.165, 1.54) is 16.7 Å². The summed E-state index contributed by atoms with van der Waals surface area (Å²) in [5.74, 6) is 0. The van der Waals surface area contributed by atoms with E-state index in [1.54, 1.807) is 0 Å². The molecule has 0 saturated heterocycles. The summed E-state index contributed by atoms with van der Waals surface area (Å²) in [7, 11) is 2.13. The molecule has 2 aromatic rings. The number of rotatable bonds is 5. The summed E-state index contributed by atoms with van der Waals surface area (Å²) in [4.78, 5) is 6.83. The molecule has 0 fully saturated rings. The Morgan fingerprint density at radius 3 is 2.55 bits per heavy atom. The van der Waals surface area contributed by atoms with E-state index in [4.69, 9.17) is 5.73 Å². The molecule has 0 aliphatic carbocycles. The summed E-state index contributed by atoms with van der Waals surface area (Å²) in [6.45, 7) is 6.56. The van der Waals surface area contributed by atoms with Crippen LogP contribution >= 0.6 is 0 Å². The van der Waals surface area contributed by atoms with Crippen molar-refractivity contribution >= 4 is 0 Å². The molecule has 0 unspecified atom stereocenters. The van der Waals surface area contributed by atoms with E-state index in [9.17, 15) is 0 Å². The zero-order chi connectivity index (χ0) is 14.5. The van der Waals surface area contributed by atoms with Crippen LogP contribution in [-0.4, -0.2) is 16.9 Å². The average molecular weight is 269 g/mol. The van der Waals surface area contributed by atoms with Gasteiger partial charge in [0.25, 0.3) is 0 Å². The number of aryl methyl sites for hydroxylation is 2. The minimum atomic E-state index is 0.601. The first-order valence-electron chi connectivity index (χ1n) is 6.98. The summed E-state index contributed by atoms with van der Waals surface area (Å²) in [5, 5.41) is 0. The highest BCUT2D eigenvalue weighted by molar-refractivity contribution is 5.31. The zero-order valence-corrected chi connectivity index (χ0v) is 12.6. The molecule has 1 aromatic carbocycles. The van der Waals surface area contributed by atoms with Crippen molar-refractivity contribution in [1.82, 2.24) is 9.88 Å². The highest BCUT2D eigenvalue weighted by Gasteiger charge is 2.06. The number of hydrogen-bond donors (Lipinski definition) is 1. The Hall–Kier alpha value is -1.71. The Kier molecular flexibility index (Phi) is 4.88. The van der Waals surface area contributed by atoms with E-state index < -0.39 is 0 Å². The first-order chi connectivity index (χ1) is 9.58. The van der Waals surface area contributed by atoms with Gasteiger partial charge in [-0.2, -0.15) is 0 Å². The van der Waals surface area contributed by atoms with Crippen molar-refractivity contribution in [3.63, 3.8) is 0 Å². The third-order valence-electron chi connectivity index (χ3n) is 3.46. The molecule has 20 heavy (non-hydrogen) atoms. The number of aromatic nitrogens is 1. The van der Waals surface area contributed by atoms with E-state index >= 15 is 0 Å². The van der Waals surface area contributed by atoms with E-state index in [0.717, 1.165) is 24.5 Å². The van der Waals surface area contributed by atoms with Gasteiger partial charge < -0.3 is 5.73 Å². The molecule has 2 N–H and O–H groups in total. The number of nitrogens with zero attached hydrogens (tertiary/aromatic N) is 2. The Morgan fingerprint density at radius 2 is 1.90 bits per heavy atom. The normalized spacial score (nSPS) is 11.1. The van der Waals surface area contributed by atoms with Crippen LogP contribution in [0.15, 0.2) is 36.4 Å². The van der Waals surface area contributed by atoms with Gasteiger partial charge in [0, 0.05) is 25.3 Å². The second-order valence-electron chi connectivity index (χ2n) is 5.41. The lowest BCUT2D eigenvalue weighted by atomic mass is 10.0. The Morgan fingerprint density at radius 1 is 1.10 bits per heavy atom. The fourth-order valence-corrected chi connectivity index (χ4v) is 2.37. The Labute approximate surface area is 121 Å². The summed E-state index contributed by atoms with van der Waals surface area (Å²) in [6.07, 6.45) is 0. The maximum Gasteiger partial charge on any atom is 0.0547 e. The third-order valence-corrected chi connectivity index (χ3v) is 3.46. The molecule has 1 heterocycles. The summed E-state index contributed by atoms with van der Waals surface area (Å²) < 4.78 is 0. The smallest absolute Gasteiger partial charge is 0.0547 e. The molecule has 0 spiro atoms. The molecule has 0 radical (unpaired) electrons. The minimum absolute atomic E-state index is 0.601. The van der Waals surface area contributed by atoms with Crippen LogP contribution in [0.1, 0.15) is 28.1 Å². The number of nitrogens with two attached hydrogens (primary N) is 1. The van der Waals surface area contributed by atoms with Crippen LogP contribution in [0.4, 0.5) is 0 Å². The van der Waals surface area contributed by atoms with Gasteiger partial charge in [0.15, 0.2) is 0 Å². The van der Waals surface area contributed by atoms with E-state index in [1.807, 2.05) is 13.0 Å². The van der Waals surface area contributed by atoms with Gasteiger partial charge in [-0.25, -0.2) is 0 Å². The lowest BCUT2D eigenvalue weighted by Gasteiger charge is -2.18. The molecule has 2 rings (SSSR count). The monoisotopic (exact) mass is 269 g/mol. The van der Waals surface area contributed by atoms with Gasteiger partial charge in [0.1, 0.15) is 0 Å². The predicted octanol–water partition coefficient (Wildman–Crippen LogP) is 2.79. The van der Waals surface area contributed by atoms with Crippen molar-refractivity contribution in [1.29, 1.82) is 0 Å². The second-order valence-corrected chi connectivity index (χ2v) is 5.41. The standard InChI is InChI=1S/C17H23N3/c1-13-9-15(10-18)7-8-16(13)11-20(3)12-17-6-4-5-14(2)19-17/h4-9H,10-12,18H2,1-3H3. The molecule has 106 valence electrons. The van der Waals surface area contributed by atoms with Crippen LogP contribution in [0, 0.1) is 13.8 Å². The molecular weight excluding hydrogens is 246 g/mol. The van der Waals surface area contributed by atoms with Crippen LogP contribution < -0.4 is 5.73 Å². The fourth-order valence-electron chi connectivity index (χ4n) is 2.37. The molecule has 3 heteroatoms. The van der Waals surface area contributed by atoms with E-state index in [0.29, 0.717) is 6.54 Å². The second kappa shape index (κ2) is 6.64. The van der Waals surface area contributed by atoms with Gasteiger partial charge in [-0.1, -0.05) is 24.3 Å². The summed E-state index contributed by atoms with van der Waals surface area (Å²) in [6, 6.07) is 12.6. The van der Waals surface area contributed by atoms with Gasteiger partial charge in [0.2, 0.25) is 0 Å². The SMILES string of the molecule is Cc1cccc(CN(C)Cc2ccc(CN)cc2C)n1. The molecule has 3 nitrogen and oxygen atoms in total. The first-order valence-corrected chi connectivity index (χ1v) is 6.98. The van der Waals surface area contributed by atoms with Crippen molar-refractivity contribution in [3.05, 3.63) is 64.5 Å². The number of hydrogen-bond acceptors (Lipinski definition) is 3. The Bertz CT molecular complexity index is 578. The molecule has 0 aliphatic rings. The predicted molar refractivity (Wildman–Crippen MR) is 83.2 cm³/mol. The van der Waals surface area contributed by atoms with Crippen LogP contribution in [0.5, 0.6) is 0 Å². The zero-order valence-electron chi connectivity index (χ0n) is 12.6. The largest absolute Gasteiger partial charge is 0.326 e. The maximum atomic E-state index is 5.67. The average Bonchev–Trinajstić information content (AvgIpc) is 2.41. The van der Waals surface area contributed by atoms with Gasteiger partial charge in [-0.05, 0) is 49.7 Å². The number of pyridine rings is 1. The minimum Gasteiger partial charge on any atom is -0.326 e. The topological polar surface area (TPSA) is 42.1 Å². The van der Waals surface area contributed by atoms with Crippen LogP contribution in [0.25, 0.3) is 0 Å². The van der Waals surface area contributed by atoms with Crippen molar-refractivity contribution in [2.75, 3.05) is 7.05 Å². The van der Waals surface area contributed by atoms with Crippen LogP contribution in [0.2, 0.25) is 0 Å². The van der Waals surface area contributed by atoms with Crippen LogP contribution in [0.3, 0.4) is 0 Å². The van der Waals surface area contributed by atoms with Crippen molar-refractivity contribution in [2.24, 2.45) is 5.73 Å².